The van der Waals surface area contributed by atoms with Crippen molar-refractivity contribution in [1.82, 2.24) is 15.0 Å². The van der Waals surface area contributed by atoms with Gasteiger partial charge in [-0.05, 0) is 25.1 Å². The second-order valence-electron chi connectivity index (χ2n) is 5.52. The van der Waals surface area contributed by atoms with Crippen LogP contribution in [0.1, 0.15) is 12.5 Å². The molecule has 0 saturated heterocycles. The number of rotatable bonds is 5. The molecule has 8 nitrogen and oxygen atoms in total. The number of aromatic nitrogens is 2. The van der Waals surface area contributed by atoms with E-state index in [0.29, 0.717) is 11.3 Å². The predicted octanol–water partition coefficient (Wildman–Crippen LogP) is 3.14. The second-order valence-corrected chi connectivity index (χ2v) is 5.92. The van der Waals surface area contributed by atoms with Gasteiger partial charge in [0.05, 0.1) is 28.0 Å². The quantitative estimate of drug-likeness (QED) is 0.422. The highest BCUT2D eigenvalue weighted by Crippen LogP contribution is 2.25. The fraction of sp³-hybridized carbons (Fsp3) is 0.118. The van der Waals surface area contributed by atoms with Gasteiger partial charge in [0.25, 0.3) is 11.6 Å². The first-order valence-corrected chi connectivity index (χ1v) is 8.01. The SMILES string of the molecule is C/C(=N\NC(=O)Cn1cnc2ccccc21)c1ccc(Cl)c([N+](=O)[O-])c1. The summed E-state index contributed by atoms with van der Waals surface area (Å²) in [5.41, 5.74) is 4.79. The van der Waals surface area contributed by atoms with Crippen LogP contribution in [0.3, 0.4) is 0 Å². The van der Waals surface area contributed by atoms with E-state index in [-0.39, 0.29) is 23.2 Å². The standard InChI is InChI=1S/C17H14ClN5O3/c1-11(12-6-7-13(18)16(8-12)23(25)26)20-21-17(24)9-22-10-19-14-4-2-3-5-15(14)22/h2-8,10H,9H2,1H3,(H,21,24)/b20-11+. The van der Waals surface area contributed by atoms with E-state index >= 15 is 0 Å². The third-order valence-corrected chi connectivity index (χ3v) is 4.07. The number of nitrogens with zero attached hydrogens (tertiary/aromatic N) is 4. The monoisotopic (exact) mass is 371 g/mol. The fourth-order valence-electron chi connectivity index (χ4n) is 2.41. The van der Waals surface area contributed by atoms with Crippen molar-refractivity contribution in [1.29, 1.82) is 0 Å². The van der Waals surface area contributed by atoms with Crippen LogP contribution < -0.4 is 5.43 Å². The van der Waals surface area contributed by atoms with Crippen molar-refractivity contribution in [3.63, 3.8) is 0 Å². The van der Waals surface area contributed by atoms with Gasteiger partial charge in [-0.15, -0.1) is 0 Å². The first kappa shape index (κ1) is 17.6. The van der Waals surface area contributed by atoms with Gasteiger partial charge >= 0.3 is 0 Å². The fourth-order valence-corrected chi connectivity index (χ4v) is 2.60. The zero-order valence-corrected chi connectivity index (χ0v) is 14.5. The Morgan fingerprint density at radius 3 is 2.88 bits per heavy atom. The first-order chi connectivity index (χ1) is 12.5. The van der Waals surface area contributed by atoms with Gasteiger partial charge in [0.1, 0.15) is 11.6 Å². The lowest BCUT2D eigenvalue weighted by molar-refractivity contribution is -0.384. The summed E-state index contributed by atoms with van der Waals surface area (Å²) in [7, 11) is 0. The van der Waals surface area contributed by atoms with Gasteiger partial charge in [0.2, 0.25) is 0 Å². The summed E-state index contributed by atoms with van der Waals surface area (Å²) >= 11 is 5.79. The number of halogens is 1. The third kappa shape index (κ3) is 3.70. The molecule has 9 heteroatoms. The number of carbonyl (C=O) groups is 1. The molecular weight excluding hydrogens is 358 g/mol. The Morgan fingerprint density at radius 1 is 1.35 bits per heavy atom. The molecule has 3 aromatic rings. The average Bonchev–Trinajstić information content (AvgIpc) is 3.03. The number of nitro benzene ring substituents is 1. The van der Waals surface area contributed by atoms with Crippen LogP contribution in [0, 0.1) is 10.1 Å². The Morgan fingerprint density at radius 2 is 2.12 bits per heavy atom. The second kappa shape index (κ2) is 7.32. The molecule has 1 aromatic heterocycles. The maximum atomic E-state index is 12.1. The highest BCUT2D eigenvalue weighted by molar-refractivity contribution is 6.32. The first-order valence-electron chi connectivity index (χ1n) is 7.63. The summed E-state index contributed by atoms with van der Waals surface area (Å²) in [6.45, 7) is 1.69. The van der Waals surface area contributed by atoms with E-state index in [0.717, 1.165) is 11.0 Å². The molecule has 0 atom stereocenters. The van der Waals surface area contributed by atoms with Crippen molar-refractivity contribution in [2.45, 2.75) is 13.5 Å². The van der Waals surface area contributed by atoms with Crippen molar-refractivity contribution in [3.8, 4) is 0 Å². The molecule has 2 aromatic carbocycles. The maximum absolute atomic E-state index is 12.1. The van der Waals surface area contributed by atoms with E-state index in [9.17, 15) is 14.9 Å². The molecule has 26 heavy (non-hydrogen) atoms. The van der Waals surface area contributed by atoms with Crippen LogP contribution in [0.5, 0.6) is 0 Å². The summed E-state index contributed by atoms with van der Waals surface area (Å²) in [5, 5.41) is 15.0. The van der Waals surface area contributed by atoms with E-state index in [2.05, 4.69) is 15.5 Å². The molecule has 0 unspecified atom stereocenters. The molecule has 0 saturated carbocycles. The van der Waals surface area contributed by atoms with Gasteiger partial charge in [0, 0.05) is 11.6 Å². The minimum Gasteiger partial charge on any atom is -0.321 e. The molecule has 3 rings (SSSR count). The molecule has 0 aliphatic rings. The highest BCUT2D eigenvalue weighted by atomic mass is 35.5. The van der Waals surface area contributed by atoms with Crippen molar-refractivity contribution in [2.75, 3.05) is 0 Å². The van der Waals surface area contributed by atoms with Gasteiger partial charge in [-0.1, -0.05) is 29.8 Å². The minimum absolute atomic E-state index is 0.0440. The van der Waals surface area contributed by atoms with Crippen molar-refractivity contribution in [2.24, 2.45) is 5.10 Å². The molecule has 1 amide bonds. The summed E-state index contributed by atoms with van der Waals surface area (Å²) in [6, 6.07) is 11.8. The van der Waals surface area contributed by atoms with Crippen LogP contribution in [-0.4, -0.2) is 26.1 Å². The third-order valence-electron chi connectivity index (χ3n) is 3.75. The predicted molar refractivity (Wildman–Crippen MR) is 98.2 cm³/mol. The lowest BCUT2D eigenvalue weighted by Crippen LogP contribution is -2.24. The van der Waals surface area contributed by atoms with E-state index in [1.807, 2.05) is 24.3 Å². The average molecular weight is 372 g/mol. The number of imidazole rings is 1. The highest BCUT2D eigenvalue weighted by Gasteiger charge is 2.14. The summed E-state index contributed by atoms with van der Waals surface area (Å²) in [6.07, 6.45) is 1.59. The van der Waals surface area contributed by atoms with Crippen LogP contribution in [0.25, 0.3) is 11.0 Å². The van der Waals surface area contributed by atoms with Crippen LogP contribution in [0.4, 0.5) is 5.69 Å². The van der Waals surface area contributed by atoms with Crippen molar-refractivity contribution in [3.05, 3.63) is 69.5 Å². The van der Waals surface area contributed by atoms with Gasteiger partial charge in [-0.3, -0.25) is 14.9 Å². The number of nitro groups is 1. The number of hydrazone groups is 1. The molecule has 1 heterocycles. The molecule has 0 aliphatic carbocycles. The van der Waals surface area contributed by atoms with Gasteiger partial charge in [-0.2, -0.15) is 5.10 Å². The lowest BCUT2D eigenvalue weighted by Gasteiger charge is -2.05. The molecule has 132 valence electrons. The van der Waals surface area contributed by atoms with Gasteiger partial charge in [-0.25, -0.2) is 10.4 Å². The number of hydrogen-bond donors (Lipinski definition) is 1. The maximum Gasteiger partial charge on any atom is 0.288 e. The molecular formula is C17H14ClN5O3. The molecule has 0 bridgehead atoms. The number of carbonyl (C=O) groups excluding carboxylic acids is 1. The Balaban J connectivity index is 1.72. The van der Waals surface area contributed by atoms with E-state index in [1.54, 1.807) is 23.9 Å². The summed E-state index contributed by atoms with van der Waals surface area (Å²) < 4.78 is 1.71. The number of amides is 1. The normalized spacial score (nSPS) is 11.5. The van der Waals surface area contributed by atoms with Crippen molar-refractivity contribution >= 4 is 39.9 Å². The Hall–Kier alpha value is -3.26. The lowest BCUT2D eigenvalue weighted by atomic mass is 10.1. The number of nitrogens with one attached hydrogen (secondary N) is 1. The van der Waals surface area contributed by atoms with E-state index in [4.69, 9.17) is 11.6 Å². The largest absolute Gasteiger partial charge is 0.321 e. The van der Waals surface area contributed by atoms with E-state index < -0.39 is 4.92 Å². The Kier molecular flexibility index (Phi) is 4.94. The Labute approximate surface area is 153 Å². The van der Waals surface area contributed by atoms with Gasteiger partial charge < -0.3 is 4.57 Å². The zero-order valence-electron chi connectivity index (χ0n) is 13.7. The number of hydrogen-bond acceptors (Lipinski definition) is 5. The smallest absolute Gasteiger partial charge is 0.288 e. The molecule has 0 radical (unpaired) electrons. The number of para-hydroxylation sites is 2. The van der Waals surface area contributed by atoms with Crippen LogP contribution in [-0.2, 0) is 11.3 Å². The summed E-state index contributed by atoms with van der Waals surface area (Å²) in [4.78, 5) is 26.7. The topological polar surface area (TPSA) is 102 Å². The number of fused-ring (bicyclic) bond motifs is 1. The zero-order chi connectivity index (χ0) is 18.7. The molecule has 1 N–H and O–H groups in total. The molecule has 0 spiro atoms. The molecule has 0 fully saturated rings. The summed E-state index contributed by atoms with van der Waals surface area (Å²) in [5.74, 6) is -0.337. The van der Waals surface area contributed by atoms with Gasteiger partial charge in [0.15, 0.2) is 0 Å². The van der Waals surface area contributed by atoms with E-state index in [1.165, 1.54) is 12.1 Å². The van der Waals surface area contributed by atoms with Crippen LogP contribution >= 0.6 is 11.6 Å². The molecule has 0 aliphatic heterocycles. The van der Waals surface area contributed by atoms with Crippen LogP contribution in [0.15, 0.2) is 53.9 Å². The number of benzene rings is 2. The van der Waals surface area contributed by atoms with Crippen LogP contribution in [0.2, 0.25) is 5.02 Å². The van der Waals surface area contributed by atoms with Crippen molar-refractivity contribution < 1.29 is 9.72 Å². The Bertz CT molecular complexity index is 1030. The minimum atomic E-state index is -0.568.